The van der Waals surface area contributed by atoms with Crippen LogP contribution in [0.5, 0.6) is 0 Å². The third kappa shape index (κ3) is 4.12. The molecular weight excluding hydrogens is 354 g/mol. The average molecular weight is 367 g/mol. The number of aromatic nitrogens is 2. The van der Waals surface area contributed by atoms with Gasteiger partial charge >= 0.3 is 0 Å². The van der Waals surface area contributed by atoms with Gasteiger partial charge in [0.05, 0.1) is 33.4 Å². The third-order valence-electron chi connectivity index (χ3n) is 3.70. The van der Waals surface area contributed by atoms with E-state index in [1.54, 1.807) is 17.1 Å². The van der Waals surface area contributed by atoms with Crippen molar-refractivity contribution in [1.82, 2.24) is 15.1 Å². The molecule has 1 heterocycles. The molecule has 0 aliphatic heterocycles. The van der Waals surface area contributed by atoms with E-state index in [4.69, 9.17) is 0 Å². The van der Waals surface area contributed by atoms with Gasteiger partial charge in [-0.1, -0.05) is 18.2 Å². The van der Waals surface area contributed by atoms with Gasteiger partial charge < -0.3 is 5.32 Å². The highest BCUT2D eigenvalue weighted by Crippen LogP contribution is 2.22. The van der Waals surface area contributed by atoms with Crippen LogP contribution in [0.1, 0.15) is 15.9 Å². The second-order valence-corrected chi connectivity index (χ2v) is 5.56. The minimum atomic E-state index is -0.784. The Morgan fingerprint density at radius 3 is 2.26 bits per heavy atom. The van der Waals surface area contributed by atoms with Crippen molar-refractivity contribution in [1.29, 1.82) is 0 Å². The van der Waals surface area contributed by atoms with E-state index in [1.807, 2.05) is 30.3 Å². The van der Waals surface area contributed by atoms with Gasteiger partial charge in [0.25, 0.3) is 17.3 Å². The number of hydrogen-bond acceptors (Lipinski definition) is 6. The monoisotopic (exact) mass is 367 g/mol. The topological polar surface area (TPSA) is 133 Å². The first kappa shape index (κ1) is 17.7. The summed E-state index contributed by atoms with van der Waals surface area (Å²) in [4.78, 5) is 32.5. The standard InChI is InChI=1S/C17H13N5O5/c23-17(13-6-15(21(24)25)8-16(7-13)22(26)27)18-9-12-10-19-20(11-12)14-4-2-1-3-5-14/h1-8,10-11H,9H2,(H,18,23). The number of hydrogen-bond donors (Lipinski definition) is 1. The van der Waals surface area contributed by atoms with Crippen molar-refractivity contribution < 1.29 is 14.6 Å². The van der Waals surface area contributed by atoms with E-state index in [-0.39, 0.29) is 12.1 Å². The number of carbonyl (C=O) groups is 1. The van der Waals surface area contributed by atoms with Gasteiger partial charge in [0.2, 0.25) is 0 Å². The lowest BCUT2D eigenvalue weighted by atomic mass is 10.1. The number of nitrogens with zero attached hydrogens (tertiary/aromatic N) is 4. The number of nitrogens with one attached hydrogen (secondary N) is 1. The lowest BCUT2D eigenvalue weighted by molar-refractivity contribution is -0.394. The number of non-ortho nitro benzene ring substituents is 2. The molecule has 1 aromatic heterocycles. The first-order valence-corrected chi connectivity index (χ1v) is 7.75. The predicted octanol–water partition coefficient (Wildman–Crippen LogP) is 2.62. The van der Waals surface area contributed by atoms with Crippen molar-refractivity contribution in [3.8, 4) is 5.69 Å². The molecule has 2 aromatic carbocycles. The molecule has 0 fully saturated rings. The summed E-state index contributed by atoms with van der Waals surface area (Å²) < 4.78 is 1.64. The highest BCUT2D eigenvalue weighted by Gasteiger charge is 2.19. The summed E-state index contributed by atoms with van der Waals surface area (Å²) in [6.07, 6.45) is 3.30. The highest BCUT2D eigenvalue weighted by atomic mass is 16.6. The number of para-hydroxylation sites is 1. The molecule has 0 aliphatic carbocycles. The lowest BCUT2D eigenvalue weighted by Crippen LogP contribution is -2.22. The van der Waals surface area contributed by atoms with Gasteiger partial charge in [-0.3, -0.25) is 25.0 Å². The van der Waals surface area contributed by atoms with Gasteiger partial charge in [-0.2, -0.15) is 5.10 Å². The smallest absolute Gasteiger partial charge is 0.277 e. The van der Waals surface area contributed by atoms with Crippen LogP contribution in [-0.4, -0.2) is 25.5 Å². The van der Waals surface area contributed by atoms with Crippen LogP contribution in [0.4, 0.5) is 11.4 Å². The van der Waals surface area contributed by atoms with E-state index < -0.39 is 27.1 Å². The number of amides is 1. The van der Waals surface area contributed by atoms with E-state index in [1.165, 1.54) is 0 Å². The summed E-state index contributed by atoms with van der Waals surface area (Å²) in [6, 6.07) is 12.2. The third-order valence-corrected chi connectivity index (χ3v) is 3.70. The van der Waals surface area contributed by atoms with E-state index in [9.17, 15) is 25.0 Å². The maximum absolute atomic E-state index is 12.3. The molecule has 1 N–H and O–H groups in total. The molecule has 0 aliphatic rings. The molecule has 27 heavy (non-hydrogen) atoms. The van der Waals surface area contributed by atoms with Gasteiger partial charge in [-0.25, -0.2) is 4.68 Å². The Morgan fingerprint density at radius 1 is 1.04 bits per heavy atom. The lowest BCUT2D eigenvalue weighted by Gasteiger charge is -2.04. The van der Waals surface area contributed by atoms with Gasteiger partial charge in [0.1, 0.15) is 0 Å². The fourth-order valence-corrected chi connectivity index (χ4v) is 2.39. The Hall–Kier alpha value is -4.08. The molecule has 0 saturated heterocycles. The molecule has 0 bridgehead atoms. The second kappa shape index (κ2) is 7.44. The van der Waals surface area contributed by atoms with E-state index in [0.717, 1.165) is 23.9 Å². The summed E-state index contributed by atoms with van der Waals surface area (Å²) in [5.74, 6) is -0.658. The van der Waals surface area contributed by atoms with Crippen LogP contribution in [0.2, 0.25) is 0 Å². The van der Waals surface area contributed by atoms with Gasteiger partial charge in [-0.05, 0) is 12.1 Å². The number of nitro groups is 2. The molecule has 0 radical (unpaired) electrons. The van der Waals surface area contributed by atoms with Crippen molar-refractivity contribution in [3.05, 3.63) is 92.3 Å². The van der Waals surface area contributed by atoms with Crippen molar-refractivity contribution >= 4 is 17.3 Å². The summed E-state index contributed by atoms with van der Waals surface area (Å²) in [7, 11) is 0. The summed E-state index contributed by atoms with van der Waals surface area (Å²) >= 11 is 0. The molecule has 1 amide bonds. The van der Waals surface area contributed by atoms with Crippen LogP contribution in [0.3, 0.4) is 0 Å². The van der Waals surface area contributed by atoms with Crippen molar-refractivity contribution in [2.24, 2.45) is 0 Å². The van der Waals surface area contributed by atoms with Crippen molar-refractivity contribution in [2.45, 2.75) is 6.54 Å². The highest BCUT2D eigenvalue weighted by molar-refractivity contribution is 5.95. The average Bonchev–Trinajstić information content (AvgIpc) is 3.15. The number of nitro benzene ring substituents is 2. The summed E-state index contributed by atoms with van der Waals surface area (Å²) in [6.45, 7) is 0.113. The Morgan fingerprint density at radius 2 is 1.67 bits per heavy atom. The molecule has 0 atom stereocenters. The minimum Gasteiger partial charge on any atom is -0.348 e. The fraction of sp³-hybridized carbons (Fsp3) is 0.0588. The quantitative estimate of drug-likeness (QED) is 0.526. The predicted molar refractivity (Wildman–Crippen MR) is 94.5 cm³/mol. The Balaban J connectivity index is 1.74. The first-order chi connectivity index (χ1) is 12.9. The number of carbonyl (C=O) groups excluding carboxylic acids is 1. The molecule has 3 rings (SSSR count). The van der Waals surface area contributed by atoms with Gasteiger partial charge in [-0.15, -0.1) is 0 Å². The largest absolute Gasteiger partial charge is 0.348 e. The first-order valence-electron chi connectivity index (χ1n) is 7.75. The molecule has 0 saturated carbocycles. The zero-order valence-corrected chi connectivity index (χ0v) is 13.8. The van der Waals surface area contributed by atoms with Crippen LogP contribution >= 0.6 is 0 Å². The van der Waals surface area contributed by atoms with Crippen LogP contribution in [-0.2, 0) is 6.54 Å². The molecular formula is C17H13N5O5. The van der Waals surface area contributed by atoms with E-state index in [0.29, 0.717) is 5.56 Å². The maximum Gasteiger partial charge on any atom is 0.277 e. The second-order valence-electron chi connectivity index (χ2n) is 5.56. The number of benzene rings is 2. The van der Waals surface area contributed by atoms with E-state index >= 15 is 0 Å². The van der Waals surface area contributed by atoms with Crippen LogP contribution in [0.15, 0.2) is 60.9 Å². The van der Waals surface area contributed by atoms with Crippen molar-refractivity contribution in [2.75, 3.05) is 0 Å². The Labute approximate surface area is 152 Å². The molecule has 0 unspecified atom stereocenters. The summed E-state index contributed by atoms with van der Waals surface area (Å²) in [5, 5.41) is 28.6. The van der Waals surface area contributed by atoms with Crippen LogP contribution < -0.4 is 5.32 Å². The summed E-state index contributed by atoms with van der Waals surface area (Å²) in [5.41, 5.74) is 0.348. The molecule has 136 valence electrons. The van der Waals surface area contributed by atoms with E-state index in [2.05, 4.69) is 10.4 Å². The molecule has 3 aromatic rings. The van der Waals surface area contributed by atoms with Crippen LogP contribution in [0.25, 0.3) is 5.69 Å². The minimum absolute atomic E-state index is 0.113. The van der Waals surface area contributed by atoms with Crippen molar-refractivity contribution in [3.63, 3.8) is 0 Å². The normalized spacial score (nSPS) is 10.4. The Bertz CT molecular complexity index is 983. The zero-order chi connectivity index (χ0) is 19.4. The molecule has 10 heteroatoms. The Kier molecular flexibility index (Phi) is 4.88. The zero-order valence-electron chi connectivity index (χ0n) is 13.8. The molecule has 0 spiro atoms. The SMILES string of the molecule is O=C(NCc1cnn(-c2ccccc2)c1)c1cc([N+](=O)[O-])cc([N+](=O)[O-])c1. The van der Waals surface area contributed by atoms with Crippen LogP contribution in [0, 0.1) is 20.2 Å². The fourth-order valence-electron chi connectivity index (χ4n) is 2.39. The molecule has 10 nitrogen and oxygen atoms in total. The maximum atomic E-state index is 12.3. The van der Waals surface area contributed by atoms with Gasteiger partial charge in [0, 0.05) is 30.4 Å². The number of rotatable bonds is 6. The van der Waals surface area contributed by atoms with Gasteiger partial charge in [0.15, 0.2) is 0 Å².